The topological polar surface area (TPSA) is 83.1 Å². The Morgan fingerprint density at radius 3 is 2.82 bits per heavy atom. The molecule has 1 fully saturated rings. The van der Waals surface area contributed by atoms with Crippen molar-refractivity contribution in [3.63, 3.8) is 0 Å². The van der Waals surface area contributed by atoms with E-state index in [0.29, 0.717) is 35.9 Å². The van der Waals surface area contributed by atoms with Gasteiger partial charge in [0.2, 0.25) is 0 Å². The summed E-state index contributed by atoms with van der Waals surface area (Å²) < 4.78 is 45.8. The van der Waals surface area contributed by atoms with Gasteiger partial charge in [-0.3, -0.25) is 15.0 Å². The number of benzene rings is 2. The number of nitrogens with one attached hydrogen (secondary N) is 2. The van der Waals surface area contributed by atoms with Gasteiger partial charge in [-0.15, -0.1) is 11.3 Å². The lowest BCUT2D eigenvalue weighted by Gasteiger charge is -2.25. The SMILES string of the molecule is O=C(Nc1nc(CN2CCOCC2)cs1)c1cccc2[nH]c(-c3ccc(F)cc3C(F)F)nc12. The number of nitrogens with zero attached hydrogens (tertiary/aromatic N) is 3. The van der Waals surface area contributed by atoms with Gasteiger partial charge in [-0.25, -0.2) is 23.1 Å². The van der Waals surface area contributed by atoms with Crippen molar-refractivity contribution in [3.05, 3.63) is 64.4 Å². The number of aromatic nitrogens is 3. The molecule has 1 amide bonds. The van der Waals surface area contributed by atoms with E-state index in [1.807, 2.05) is 5.38 Å². The summed E-state index contributed by atoms with van der Waals surface area (Å²) in [6.07, 6.45) is -2.88. The van der Waals surface area contributed by atoms with Crippen LogP contribution in [0.25, 0.3) is 22.4 Å². The van der Waals surface area contributed by atoms with Crippen molar-refractivity contribution in [1.82, 2.24) is 19.9 Å². The number of ether oxygens (including phenoxy) is 1. The zero-order chi connectivity index (χ0) is 23.7. The molecule has 0 aliphatic carbocycles. The zero-order valence-corrected chi connectivity index (χ0v) is 18.7. The number of amides is 1. The van der Waals surface area contributed by atoms with Gasteiger partial charge < -0.3 is 9.72 Å². The molecular weight excluding hydrogens is 467 g/mol. The Hall–Kier alpha value is -3.28. The van der Waals surface area contributed by atoms with Crippen LogP contribution in [-0.4, -0.2) is 52.1 Å². The van der Waals surface area contributed by atoms with Crippen LogP contribution in [0.15, 0.2) is 41.8 Å². The van der Waals surface area contributed by atoms with Gasteiger partial charge in [0.1, 0.15) is 17.2 Å². The number of H-pyrrole nitrogens is 1. The highest BCUT2D eigenvalue weighted by atomic mass is 32.1. The molecule has 176 valence electrons. The van der Waals surface area contributed by atoms with Crippen LogP contribution in [0.5, 0.6) is 0 Å². The Morgan fingerprint density at radius 1 is 1.21 bits per heavy atom. The maximum atomic E-state index is 13.5. The van der Waals surface area contributed by atoms with Crippen molar-refractivity contribution in [2.24, 2.45) is 0 Å². The van der Waals surface area contributed by atoms with E-state index in [4.69, 9.17) is 4.74 Å². The number of carbonyl (C=O) groups excluding carboxylic acids is 1. The summed E-state index contributed by atoms with van der Waals surface area (Å²) in [4.78, 5) is 27.1. The Labute approximate surface area is 196 Å². The highest BCUT2D eigenvalue weighted by molar-refractivity contribution is 7.14. The second-order valence-corrected chi connectivity index (χ2v) is 8.66. The number of hydrogen-bond acceptors (Lipinski definition) is 6. The number of imidazole rings is 1. The molecule has 2 aromatic heterocycles. The molecule has 11 heteroatoms. The maximum absolute atomic E-state index is 13.5. The summed E-state index contributed by atoms with van der Waals surface area (Å²) in [5.41, 5.74) is 1.56. The number of para-hydroxylation sites is 1. The molecule has 0 atom stereocenters. The van der Waals surface area contributed by atoms with Gasteiger partial charge in [-0.05, 0) is 30.3 Å². The first-order valence-corrected chi connectivity index (χ1v) is 11.5. The van der Waals surface area contributed by atoms with Crippen LogP contribution in [0.2, 0.25) is 0 Å². The molecule has 2 aromatic carbocycles. The average molecular weight is 488 g/mol. The van der Waals surface area contributed by atoms with Crippen LogP contribution in [0.1, 0.15) is 28.0 Å². The molecule has 1 aliphatic rings. The zero-order valence-electron chi connectivity index (χ0n) is 17.9. The van der Waals surface area contributed by atoms with E-state index in [-0.39, 0.29) is 17.0 Å². The number of fused-ring (bicyclic) bond motifs is 1. The number of hydrogen-bond donors (Lipinski definition) is 2. The molecule has 0 saturated carbocycles. The van der Waals surface area contributed by atoms with Crippen molar-refractivity contribution in [3.8, 4) is 11.4 Å². The second kappa shape index (κ2) is 9.53. The van der Waals surface area contributed by atoms with Crippen LogP contribution < -0.4 is 5.32 Å². The predicted octanol–water partition coefficient (Wildman–Crippen LogP) is 4.85. The molecule has 0 radical (unpaired) electrons. The third-order valence-electron chi connectivity index (χ3n) is 5.52. The van der Waals surface area contributed by atoms with Crippen molar-refractivity contribution in [1.29, 1.82) is 0 Å². The molecule has 0 unspecified atom stereocenters. The lowest BCUT2D eigenvalue weighted by atomic mass is 10.1. The standard InChI is InChI=1S/C23H20F3N5O2S/c24-13-4-5-15(17(10-13)20(25)26)21-28-18-3-1-2-16(19(18)29-21)22(32)30-23-27-14(12-34-23)11-31-6-8-33-9-7-31/h1-5,10,12,20H,6-9,11H2,(H,28,29)(H,27,30,32). The first-order chi connectivity index (χ1) is 16.5. The minimum Gasteiger partial charge on any atom is -0.379 e. The number of rotatable bonds is 6. The summed E-state index contributed by atoms with van der Waals surface area (Å²) in [6.45, 7) is 3.74. The monoisotopic (exact) mass is 487 g/mol. The van der Waals surface area contributed by atoms with E-state index < -0.39 is 23.7 Å². The molecule has 2 N–H and O–H groups in total. The average Bonchev–Trinajstić information content (AvgIpc) is 3.46. The van der Waals surface area contributed by atoms with E-state index >= 15 is 0 Å². The molecule has 1 saturated heterocycles. The summed E-state index contributed by atoms with van der Waals surface area (Å²) in [5, 5.41) is 5.16. The molecule has 7 nitrogen and oxygen atoms in total. The van der Waals surface area contributed by atoms with Crippen LogP contribution >= 0.6 is 11.3 Å². The highest BCUT2D eigenvalue weighted by Crippen LogP contribution is 2.32. The minimum atomic E-state index is -2.88. The maximum Gasteiger partial charge on any atom is 0.264 e. The summed E-state index contributed by atoms with van der Waals surface area (Å²) in [7, 11) is 0. The van der Waals surface area contributed by atoms with E-state index in [1.165, 1.54) is 17.4 Å². The predicted molar refractivity (Wildman–Crippen MR) is 123 cm³/mol. The van der Waals surface area contributed by atoms with Crippen molar-refractivity contribution >= 4 is 33.4 Å². The van der Waals surface area contributed by atoms with E-state index in [0.717, 1.165) is 30.9 Å². The third-order valence-corrected chi connectivity index (χ3v) is 6.33. The lowest BCUT2D eigenvalue weighted by molar-refractivity contribution is 0.0337. The van der Waals surface area contributed by atoms with E-state index in [2.05, 4.69) is 25.2 Å². The Morgan fingerprint density at radius 2 is 2.03 bits per heavy atom. The molecule has 34 heavy (non-hydrogen) atoms. The van der Waals surface area contributed by atoms with Gasteiger partial charge in [-0.1, -0.05) is 6.07 Å². The van der Waals surface area contributed by atoms with Crippen LogP contribution in [0.3, 0.4) is 0 Å². The number of halogens is 3. The van der Waals surface area contributed by atoms with Gasteiger partial charge in [-0.2, -0.15) is 0 Å². The van der Waals surface area contributed by atoms with Gasteiger partial charge >= 0.3 is 0 Å². The summed E-state index contributed by atoms with van der Waals surface area (Å²) in [6, 6.07) is 8.10. The molecule has 5 rings (SSSR count). The fourth-order valence-electron chi connectivity index (χ4n) is 3.86. The Balaban J connectivity index is 1.38. The summed E-state index contributed by atoms with van der Waals surface area (Å²) >= 11 is 1.33. The molecule has 0 spiro atoms. The van der Waals surface area contributed by atoms with Gasteiger partial charge in [0, 0.05) is 36.1 Å². The molecule has 0 bridgehead atoms. The lowest BCUT2D eigenvalue weighted by Crippen LogP contribution is -2.35. The van der Waals surface area contributed by atoms with Crippen LogP contribution in [0, 0.1) is 5.82 Å². The number of carbonyl (C=O) groups is 1. The minimum absolute atomic E-state index is 0.0756. The van der Waals surface area contributed by atoms with Gasteiger partial charge in [0.15, 0.2) is 5.13 Å². The summed E-state index contributed by atoms with van der Waals surface area (Å²) in [5.74, 6) is -1.04. The number of thiazole rings is 1. The Kier molecular flexibility index (Phi) is 6.31. The Bertz CT molecular complexity index is 1330. The van der Waals surface area contributed by atoms with Crippen molar-refractivity contribution in [2.75, 3.05) is 31.6 Å². The number of alkyl halides is 2. The van der Waals surface area contributed by atoms with Gasteiger partial charge in [0.25, 0.3) is 12.3 Å². The second-order valence-electron chi connectivity index (χ2n) is 7.81. The van der Waals surface area contributed by atoms with E-state index in [1.54, 1.807) is 18.2 Å². The largest absolute Gasteiger partial charge is 0.379 e. The van der Waals surface area contributed by atoms with Crippen molar-refractivity contribution in [2.45, 2.75) is 13.0 Å². The first-order valence-electron chi connectivity index (χ1n) is 10.6. The molecule has 1 aliphatic heterocycles. The number of anilines is 1. The van der Waals surface area contributed by atoms with Crippen LogP contribution in [0.4, 0.5) is 18.3 Å². The highest BCUT2D eigenvalue weighted by Gasteiger charge is 2.21. The quantitative estimate of drug-likeness (QED) is 0.406. The normalized spacial score (nSPS) is 14.7. The number of aromatic amines is 1. The molecule has 4 aromatic rings. The number of morpholine rings is 1. The fourth-order valence-corrected chi connectivity index (χ4v) is 4.56. The van der Waals surface area contributed by atoms with Crippen LogP contribution in [-0.2, 0) is 11.3 Å². The van der Waals surface area contributed by atoms with E-state index in [9.17, 15) is 18.0 Å². The molecular formula is C23H20F3N5O2S. The fraction of sp³-hybridized carbons (Fsp3) is 0.261. The first kappa shape index (κ1) is 22.5. The van der Waals surface area contributed by atoms with Gasteiger partial charge in [0.05, 0.1) is 30.0 Å². The smallest absolute Gasteiger partial charge is 0.264 e. The van der Waals surface area contributed by atoms with Crippen molar-refractivity contribution < 1.29 is 22.7 Å². The third kappa shape index (κ3) is 4.67. The molecule has 3 heterocycles.